The molecule has 1 heterocycles. The highest BCUT2D eigenvalue weighted by atomic mass is 35.5. The van der Waals surface area contributed by atoms with Crippen LogP contribution < -0.4 is 19.7 Å². The first-order valence-electron chi connectivity index (χ1n) is 10.6. The fraction of sp³-hybridized carbons (Fsp3) is 0.435. The molecule has 1 aliphatic rings. The summed E-state index contributed by atoms with van der Waals surface area (Å²) in [7, 11) is 0. The number of amides is 1. The molecule has 3 rings (SSSR count). The number of thioether (sulfide) groups is 1. The van der Waals surface area contributed by atoms with Crippen molar-refractivity contribution in [1.29, 1.82) is 0 Å². The molecule has 1 saturated heterocycles. The van der Waals surface area contributed by atoms with Crippen molar-refractivity contribution in [3.05, 3.63) is 45.9 Å². The Morgan fingerprint density at radius 2 is 1.78 bits per heavy atom. The van der Waals surface area contributed by atoms with Gasteiger partial charge in [-0.25, -0.2) is 0 Å². The van der Waals surface area contributed by atoms with Gasteiger partial charge in [0.25, 0.3) is 0 Å². The molecule has 0 saturated carbocycles. The van der Waals surface area contributed by atoms with Crippen molar-refractivity contribution in [2.45, 2.75) is 19.6 Å². The molecule has 174 valence electrons. The molecule has 1 aliphatic heterocycles. The van der Waals surface area contributed by atoms with Gasteiger partial charge in [-0.2, -0.15) is 0 Å². The van der Waals surface area contributed by atoms with Crippen LogP contribution in [-0.4, -0.2) is 51.2 Å². The van der Waals surface area contributed by atoms with Crippen LogP contribution in [0.3, 0.4) is 0 Å². The maximum atomic E-state index is 12.6. The van der Waals surface area contributed by atoms with Gasteiger partial charge in [0.15, 0.2) is 0 Å². The molecular weight excluding hydrogens is 471 g/mol. The minimum atomic E-state index is -0.113. The normalized spacial score (nSPS) is 13.7. The Bertz CT molecular complexity index is 923. The predicted molar refractivity (Wildman–Crippen MR) is 133 cm³/mol. The van der Waals surface area contributed by atoms with Gasteiger partial charge in [0.1, 0.15) is 11.5 Å². The van der Waals surface area contributed by atoms with E-state index in [1.807, 2.05) is 38.1 Å². The molecule has 2 aromatic rings. The molecule has 2 aromatic carbocycles. The summed E-state index contributed by atoms with van der Waals surface area (Å²) in [6.45, 7) is 7.78. The van der Waals surface area contributed by atoms with Gasteiger partial charge >= 0.3 is 0 Å². The highest BCUT2D eigenvalue weighted by Gasteiger charge is 2.20. The third-order valence-corrected chi connectivity index (χ3v) is 6.52. The summed E-state index contributed by atoms with van der Waals surface area (Å²) in [5.74, 6) is 2.18. The van der Waals surface area contributed by atoms with Gasteiger partial charge in [-0.1, -0.05) is 29.3 Å². The van der Waals surface area contributed by atoms with Crippen LogP contribution >= 0.6 is 35.0 Å². The van der Waals surface area contributed by atoms with Gasteiger partial charge in [0.2, 0.25) is 5.91 Å². The zero-order valence-electron chi connectivity index (χ0n) is 18.3. The largest absolute Gasteiger partial charge is 0.492 e. The number of hydrogen-bond donors (Lipinski definition) is 1. The lowest BCUT2D eigenvalue weighted by atomic mass is 10.2. The van der Waals surface area contributed by atoms with Gasteiger partial charge in [-0.3, -0.25) is 4.79 Å². The van der Waals surface area contributed by atoms with E-state index >= 15 is 0 Å². The number of halogens is 2. The molecule has 0 aliphatic carbocycles. The predicted octanol–water partition coefficient (Wildman–Crippen LogP) is 5.50. The quantitative estimate of drug-likeness (QED) is 0.466. The molecule has 0 bridgehead atoms. The second-order valence-corrected chi connectivity index (χ2v) is 8.87. The van der Waals surface area contributed by atoms with E-state index in [-0.39, 0.29) is 5.91 Å². The summed E-state index contributed by atoms with van der Waals surface area (Å²) in [5, 5.41) is 4.01. The maximum Gasteiger partial charge on any atom is 0.234 e. The van der Waals surface area contributed by atoms with E-state index in [1.165, 1.54) is 11.8 Å². The van der Waals surface area contributed by atoms with Crippen molar-refractivity contribution in [3.8, 4) is 11.5 Å². The summed E-state index contributed by atoms with van der Waals surface area (Å²) in [4.78, 5) is 14.9. The average molecular weight is 499 g/mol. The Morgan fingerprint density at radius 3 is 2.47 bits per heavy atom. The van der Waals surface area contributed by atoms with Crippen LogP contribution in [-0.2, 0) is 15.3 Å². The van der Waals surface area contributed by atoms with E-state index in [0.717, 1.165) is 30.1 Å². The molecular formula is C23H28Cl2N2O4S. The Hall–Kier alpha value is -1.80. The number of morpholine rings is 1. The van der Waals surface area contributed by atoms with Crippen molar-refractivity contribution >= 4 is 52.2 Å². The van der Waals surface area contributed by atoms with Crippen LogP contribution in [0.5, 0.6) is 11.5 Å². The Labute approximate surface area is 203 Å². The number of nitrogens with zero attached hydrogens (tertiary/aromatic N) is 1. The van der Waals surface area contributed by atoms with E-state index in [0.29, 0.717) is 59.4 Å². The molecule has 6 nitrogen and oxygen atoms in total. The number of hydrogen-bond acceptors (Lipinski definition) is 6. The maximum absolute atomic E-state index is 12.6. The first-order chi connectivity index (χ1) is 15.5. The van der Waals surface area contributed by atoms with Crippen molar-refractivity contribution in [2.75, 3.05) is 55.5 Å². The molecule has 1 N–H and O–H groups in total. The van der Waals surface area contributed by atoms with Crippen molar-refractivity contribution < 1.29 is 19.0 Å². The van der Waals surface area contributed by atoms with E-state index < -0.39 is 0 Å². The Morgan fingerprint density at radius 1 is 1.06 bits per heavy atom. The lowest BCUT2D eigenvalue weighted by Gasteiger charge is -2.31. The second-order valence-electron chi connectivity index (χ2n) is 7.07. The lowest BCUT2D eigenvalue weighted by molar-refractivity contribution is -0.113. The summed E-state index contributed by atoms with van der Waals surface area (Å²) < 4.78 is 17.2. The van der Waals surface area contributed by atoms with Gasteiger partial charge in [0, 0.05) is 31.0 Å². The number of carbonyl (C=O) groups excluding carboxylic acids is 1. The average Bonchev–Trinajstić information content (AvgIpc) is 2.78. The number of rotatable bonds is 10. The third kappa shape index (κ3) is 6.85. The fourth-order valence-electron chi connectivity index (χ4n) is 3.32. The van der Waals surface area contributed by atoms with Crippen molar-refractivity contribution in [2.24, 2.45) is 0 Å². The first kappa shape index (κ1) is 24.8. The number of nitrogens with one attached hydrogen (secondary N) is 1. The molecule has 1 fully saturated rings. The first-order valence-corrected chi connectivity index (χ1v) is 12.5. The minimum absolute atomic E-state index is 0.113. The lowest BCUT2D eigenvalue weighted by Crippen LogP contribution is -2.36. The van der Waals surface area contributed by atoms with E-state index in [1.54, 1.807) is 6.07 Å². The SMILES string of the molecule is CCOc1cc(N2CCOCC2)c(OCC)cc1NC(=O)CSCc1ccc(Cl)c(Cl)c1. The van der Waals surface area contributed by atoms with Crippen LogP contribution in [0.25, 0.3) is 0 Å². The third-order valence-electron chi connectivity index (χ3n) is 4.77. The van der Waals surface area contributed by atoms with Crippen LogP contribution in [0.1, 0.15) is 19.4 Å². The number of ether oxygens (including phenoxy) is 3. The molecule has 1 amide bonds. The van der Waals surface area contributed by atoms with E-state index in [2.05, 4.69) is 10.2 Å². The summed E-state index contributed by atoms with van der Waals surface area (Å²) >= 11 is 13.5. The molecule has 9 heteroatoms. The highest BCUT2D eigenvalue weighted by molar-refractivity contribution is 7.99. The van der Waals surface area contributed by atoms with Crippen LogP contribution in [0, 0.1) is 0 Å². The van der Waals surface area contributed by atoms with Crippen molar-refractivity contribution in [3.63, 3.8) is 0 Å². The number of anilines is 2. The molecule has 0 atom stereocenters. The van der Waals surface area contributed by atoms with Crippen LogP contribution in [0.4, 0.5) is 11.4 Å². The summed E-state index contributed by atoms with van der Waals surface area (Å²) in [6, 6.07) is 9.28. The van der Waals surface area contributed by atoms with E-state index in [9.17, 15) is 4.79 Å². The highest BCUT2D eigenvalue weighted by Crippen LogP contribution is 2.39. The monoisotopic (exact) mass is 498 g/mol. The zero-order valence-corrected chi connectivity index (χ0v) is 20.6. The van der Waals surface area contributed by atoms with Gasteiger partial charge in [-0.05, 0) is 31.5 Å². The van der Waals surface area contributed by atoms with Crippen molar-refractivity contribution in [1.82, 2.24) is 0 Å². The molecule has 0 radical (unpaired) electrons. The fourth-order valence-corrected chi connectivity index (χ4v) is 4.42. The summed E-state index contributed by atoms with van der Waals surface area (Å²) in [5.41, 5.74) is 2.57. The summed E-state index contributed by atoms with van der Waals surface area (Å²) in [6.07, 6.45) is 0. The molecule has 32 heavy (non-hydrogen) atoms. The number of benzene rings is 2. The molecule has 0 unspecified atom stereocenters. The topological polar surface area (TPSA) is 60.0 Å². The number of carbonyl (C=O) groups is 1. The van der Waals surface area contributed by atoms with Crippen LogP contribution in [0.2, 0.25) is 10.0 Å². The molecule has 0 spiro atoms. The van der Waals surface area contributed by atoms with Gasteiger partial charge in [0.05, 0.1) is 53.6 Å². The zero-order chi connectivity index (χ0) is 22.9. The standard InChI is InChI=1S/C23H28Cl2N2O4S/c1-3-30-21-13-20(27-7-9-29-10-8-27)22(31-4-2)12-19(21)26-23(28)15-32-14-16-5-6-17(24)18(25)11-16/h5-6,11-13H,3-4,7-10,14-15H2,1-2H3,(H,26,28). The molecule has 0 aromatic heterocycles. The van der Waals surface area contributed by atoms with Gasteiger partial charge in [-0.15, -0.1) is 11.8 Å². The smallest absolute Gasteiger partial charge is 0.234 e. The van der Waals surface area contributed by atoms with E-state index in [4.69, 9.17) is 37.4 Å². The van der Waals surface area contributed by atoms with Gasteiger partial charge < -0.3 is 24.4 Å². The van der Waals surface area contributed by atoms with Crippen LogP contribution in [0.15, 0.2) is 30.3 Å². The minimum Gasteiger partial charge on any atom is -0.492 e. The Kier molecular flexibility index (Phi) is 9.66. The Balaban J connectivity index is 1.69. The second kappa shape index (κ2) is 12.4.